The molecule has 15 heavy (non-hydrogen) atoms. The Hall–Kier alpha value is -0.570. The fourth-order valence-corrected chi connectivity index (χ4v) is 2.18. The van der Waals surface area contributed by atoms with Gasteiger partial charge in [0, 0.05) is 18.0 Å². The van der Waals surface area contributed by atoms with Crippen molar-refractivity contribution in [1.82, 2.24) is 10.6 Å². The van der Waals surface area contributed by atoms with Gasteiger partial charge in [-0.1, -0.05) is 13.8 Å². The van der Waals surface area contributed by atoms with Gasteiger partial charge in [0.1, 0.15) is 0 Å². The molecule has 88 valence electrons. The number of carbonyl (C=O) groups is 1. The van der Waals surface area contributed by atoms with Crippen molar-refractivity contribution >= 4 is 5.91 Å². The molecule has 0 aromatic carbocycles. The van der Waals surface area contributed by atoms with Crippen LogP contribution in [0.15, 0.2) is 0 Å². The summed E-state index contributed by atoms with van der Waals surface area (Å²) in [6, 6.07) is 0.846. The highest BCUT2D eigenvalue weighted by atomic mass is 16.1. The fourth-order valence-electron chi connectivity index (χ4n) is 2.18. The molecule has 0 saturated carbocycles. The molecule has 1 rings (SSSR count). The molecule has 0 spiro atoms. The summed E-state index contributed by atoms with van der Waals surface area (Å²) >= 11 is 0. The predicted octanol–water partition coefficient (Wildman–Crippen LogP) is 1.68. The van der Waals surface area contributed by atoms with E-state index in [1.165, 1.54) is 0 Å². The molecule has 0 aromatic rings. The number of hydrogen-bond donors (Lipinski definition) is 2. The van der Waals surface area contributed by atoms with E-state index < -0.39 is 0 Å². The molecule has 0 radical (unpaired) electrons. The average molecular weight is 212 g/mol. The van der Waals surface area contributed by atoms with Gasteiger partial charge in [0.15, 0.2) is 0 Å². The summed E-state index contributed by atoms with van der Waals surface area (Å²) in [6.07, 6.45) is 4.02. The van der Waals surface area contributed by atoms with Gasteiger partial charge in [-0.05, 0) is 39.2 Å². The lowest BCUT2D eigenvalue weighted by Crippen LogP contribution is -2.45. The molecule has 3 nitrogen and oxygen atoms in total. The number of amides is 1. The first-order valence-corrected chi connectivity index (χ1v) is 6.21. The van der Waals surface area contributed by atoms with Crippen molar-refractivity contribution in [2.24, 2.45) is 5.92 Å². The maximum absolute atomic E-state index is 11.9. The predicted molar refractivity (Wildman–Crippen MR) is 62.7 cm³/mol. The van der Waals surface area contributed by atoms with Crippen LogP contribution in [-0.2, 0) is 4.79 Å². The topological polar surface area (TPSA) is 41.1 Å². The second-order valence-electron chi connectivity index (χ2n) is 4.60. The minimum Gasteiger partial charge on any atom is -0.353 e. The lowest BCUT2D eigenvalue weighted by Gasteiger charge is -2.28. The molecule has 1 amide bonds. The van der Waals surface area contributed by atoms with E-state index in [1.54, 1.807) is 0 Å². The van der Waals surface area contributed by atoms with Gasteiger partial charge in [0.25, 0.3) is 0 Å². The first-order valence-electron chi connectivity index (χ1n) is 6.21. The number of carbonyl (C=O) groups excluding carboxylic acids is 1. The Balaban J connectivity index is 2.38. The summed E-state index contributed by atoms with van der Waals surface area (Å²) in [5, 5.41) is 6.51. The third kappa shape index (κ3) is 3.82. The number of nitrogens with one attached hydrogen (secondary N) is 2. The molecule has 1 heterocycles. The Labute approximate surface area is 93.0 Å². The van der Waals surface area contributed by atoms with Crippen molar-refractivity contribution in [2.75, 3.05) is 6.54 Å². The van der Waals surface area contributed by atoms with Gasteiger partial charge >= 0.3 is 0 Å². The number of hydrogen-bond acceptors (Lipinski definition) is 2. The van der Waals surface area contributed by atoms with Crippen LogP contribution in [0.5, 0.6) is 0 Å². The van der Waals surface area contributed by atoms with Crippen molar-refractivity contribution in [3.63, 3.8) is 0 Å². The Morgan fingerprint density at radius 3 is 2.67 bits per heavy atom. The monoisotopic (exact) mass is 212 g/mol. The van der Waals surface area contributed by atoms with Gasteiger partial charge in [-0.25, -0.2) is 0 Å². The Kier molecular flexibility index (Phi) is 5.09. The Morgan fingerprint density at radius 2 is 2.13 bits per heavy atom. The van der Waals surface area contributed by atoms with E-state index in [4.69, 9.17) is 0 Å². The normalized spacial score (nSPS) is 26.7. The van der Waals surface area contributed by atoms with Crippen LogP contribution in [0.3, 0.4) is 0 Å². The molecular weight excluding hydrogens is 188 g/mol. The highest BCUT2D eigenvalue weighted by molar-refractivity contribution is 5.79. The first kappa shape index (κ1) is 12.5. The molecule has 0 bridgehead atoms. The lowest BCUT2D eigenvalue weighted by molar-refractivity contribution is -0.126. The van der Waals surface area contributed by atoms with Crippen LogP contribution in [0.4, 0.5) is 0 Å². The van der Waals surface area contributed by atoms with Crippen molar-refractivity contribution in [3.8, 4) is 0 Å². The van der Waals surface area contributed by atoms with Crippen molar-refractivity contribution in [2.45, 2.75) is 58.5 Å². The zero-order valence-electron chi connectivity index (χ0n) is 10.2. The van der Waals surface area contributed by atoms with Crippen LogP contribution in [-0.4, -0.2) is 24.5 Å². The van der Waals surface area contributed by atoms with Gasteiger partial charge in [0.05, 0.1) is 0 Å². The first-order chi connectivity index (χ1) is 7.17. The third-order valence-corrected chi connectivity index (χ3v) is 3.33. The van der Waals surface area contributed by atoms with E-state index in [2.05, 4.69) is 31.4 Å². The largest absolute Gasteiger partial charge is 0.353 e. The molecule has 0 aliphatic carbocycles. The lowest BCUT2D eigenvalue weighted by atomic mass is 9.92. The van der Waals surface area contributed by atoms with Crippen LogP contribution in [0.2, 0.25) is 0 Å². The van der Waals surface area contributed by atoms with E-state index in [1.807, 2.05) is 0 Å². The second kappa shape index (κ2) is 6.11. The molecule has 2 unspecified atom stereocenters. The molecule has 0 aromatic heterocycles. The SMILES string of the molecule is CCC(CC)NC(=O)C1CCNC(C)C1. The van der Waals surface area contributed by atoms with Crippen LogP contribution in [0.1, 0.15) is 46.5 Å². The van der Waals surface area contributed by atoms with Crippen LogP contribution in [0, 0.1) is 5.92 Å². The smallest absolute Gasteiger partial charge is 0.223 e. The van der Waals surface area contributed by atoms with Crippen LogP contribution >= 0.6 is 0 Å². The molecule has 2 N–H and O–H groups in total. The van der Waals surface area contributed by atoms with Crippen molar-refractivity contribution < 1.29 is 4.79 Å². The van der Waals surface area contributed by atoms with E-state index in [0.29, 0.717) is 12.1 Å². The van der Waals surface area contributed by atoms with E-state index in [-0.39, 0.29) is 11.8 Å². The molecule has 3 heteroatoms. The van der Waals surface area contributed by atoms with E-state index >= 15 is 0 Å². The fraction of sp³-hybridized carbons (Fsp3) is 0.917. The van der Waals surface area contributed by atoms with Gasteiger partial charge in [-0.15, -0.1) is 0 Å². The van der Waals surface area contributed by atoms with Crippen molar-refractivity contribution in [3.05, 3.63) is 0 Å². The summed E-state index contributed by atoms with van der Waals surface area (Å²) in [5.74, 6) is 0.485. The van der Waals surface area contributed by atoms with Crippen LogP contribution < -0.4 is 10.6 Å². The number of piperidine rings is 1. The molecule has 1 fully saturated rings. The molecule has 2 atom stereocenters. The van der Waals surface area contributed by atoms with Gasteiger partial charge < -0.3 is 10.6 Å². The van der Waals surface area contributed by atoms with Crippen molar-refractivity contribution in [1.29, 1.82) is 0 Å². The minimum absolute atomic E-state index is 0.224. The minimum atomic E-state index is 0.224. The highest BCUT2D eigenvalue weighted by Gasteiger charge is 2.25. The summed E-state index contributed by atoms with van der Waals surface area (Å²) < 4.78 is 0. The van der Waals surface area contributed by atoms with E-state index in [0.717, 1.165) is 32.2 Å². The Morgan fingerprint density at radius 1 is 1.47 bits per heavy atom. The van der Waals surface area contributed by atoms with Gasteiger partial charge in [0.2, 0.25) is 5.91 Å². The average Bonchev–Trinajstić information content (AvgIpc) is 2.25. The van der Waals surface area contributed by atoms with Gasteiger partial charge in [-0.2, -0.15) is 0 Å². The van der Waals surface area contributed by atoms with Crippen LogP contribution in [0.25, 0.3) is 0 Å². The molecule has 1 aliphatic rings. The third-order valence-electron chi connectivity index (χ3n) is 3.33. The maximum Gasteiger partial charge on any atom is 0.223 e. The highest BCUT2D eigenvalue weighted by Crippen LogP contribution is 2.16. The Bertz CT molecular complexity index is 202. The zero-order chi connectivity index (χ0) is 11.3. The molecule has 1 aliphatic heterocycles. The van der Waals surface area contributed by atoms with Gasteiger partial charge in [-0.3, -0.25) is 4.79 Å². The van der Waals surface area contributed by atoms with E-state index in [9.17, 15) is 4.79 Å². The molecular formula is C12H24N2O. The standard InChI is InChI=1S/C12H24N2O/c1-4-11(5-2)14-12(15)10-6-7-13-9(3)8-10/h9-11,13H,4-8H2,1-3H3,(H,14,15). The second-order valence-corrected chi connectivity index (χ2v) is 4.60. The summed E-state index contributed by atoms with van der Waals surface area (Å²) in [4.78, 5) is 11.9. The quantitative estimate of drug-likeness (QED) is 0.744. The summed E-state index contributed by atoms with van der Waals surface area (Å²) in [7, 11) is 0. The maximum atomic E-state index is 11.9. The molecule has 1 saturated heterocycles. The summed E-state index contributed by atoms with van der Waals surface area (Å²) in [6.45, 7) is 7.37. The summed E-state index contributed by atoms with van der Waals surface area (Å²) in [5.41, 5.74) is 0. The number of rotatable bonds is 4. The zero-order valence-corrected chi connectivity index (χ0v) is 10.2.